The SMILES string of the molecule is Cc1ccc(C[Si](C)(C)C)c(N)c1C. The normalized spacial score (nSPS) is 11.8. The van der Waals surface area contributed by atoms with E-state index in [1.807, 2.05) is 0 Å². The fraction of sp³-hybridized carbons (Fsp3) is 0.500. The molecule has 0 bridgehead atoms. The Hall–Kier alpha value is -0.763. The van der Waals surface area contributed by atoms with Crippen molar-refractivity contribution in [3.8, 4) is 0 Å². The third kappa shape index (κ3) is 2.61. The second-order valence-corrected chi connectivity index (χ2v) is 10.8. The number of rotatable bonds is 2. The predicted octanol–water partition coefficient (Wildman–Crippen LogP) is 3.31. The van der Waals surface area contributed by atoms with Crippen LogP contribution in [0.5, 0.6) is 0 Å². The Balaban J connectivity index is 3.06. The lowest BCUT2D eigenvalue weighted by atomic mass is 10.0. The van der Waals surface area contributed by atoms with Gasteiger partial charge in [0, 0.05) is 13.8 Å². The number of nitrogen functional groups attached to an aromatic ring is 1. The van der Waals surface area contributed by atoms with Crippen LogP contribution in [0.1, 0.15) is 16.7 Å². The zero-order valence-electron chi connectivity index (χ0n) is 9.94. The molecule has 0 aliphatic rings. The van der Waals surface area contributed by atoms with Crippen molar-refractivity contribution in [3.63, 3.8) is 0 Å². The fourth-order valence-corrected chi connectivity index (χ4v) is 3.07. The Morgan fingerprint density at radius 2 is 1.71 bits per heavy atom. The maximum atomic E-state index is 6.11. The summed E-state index contributed by atoms with van der Waals surface area (Å²) in [6.45, 7) is 11.4. The van der Waals surface area contributed by atoms with Crippen molar-refractivity contribution in [1.29, 1.82) is 0 Å². The first-order chi connectivity index (χ1) is 6.31. The lowest BCUT2D eigenvalue weighted by molar-refractivity contribution is 1.25. The molecule has 0 unspecified atom stereocenters. The molecule has 0 fully saturated rings. The quantitative estimate of drug-likeness (QED) is 0.584. The standard InChI is InChI=1S/C12H21NSi/c1-9-6-7-11(8-14(3,4)5)12(13)10(9)2/h6-7H,8,13H2,1-5H3. The Morgan fingerprint density at radius 3 is 2.21 bits per heavy atom. The molecule has 1 aromatic carbocycles. The van der Waals surface area contributed by atoms with Crippen LogP contribution in [-0.2, 0) is 6.04 Å². The molecule has 1 rings (SSSR count). The second-order valence-electron chi connectivity index (χ2n) is 5.32. The maximum Gasteiger partial charge on any atom is 0.0488 e. The molecule has 0 spiro atoms. The summed E-state index contributed by atoms with van der Waals surface area (Å²) >= 11 is 0. The highest BCUT2D eigenvalue weighted by Gasteiger charge is 2.16. The molecule has 1 nitrogen and oxygen atoms in total. The molecule has 0 amide bonds. The molecule has 14 heavy (non-hydrogen) atoms. The van der Waals surface area contributed by atoms with E-state index in [1.54, 1.807) is 0 Å². The lowest BCUT2D eigenvalue weighted by Crippen LogP contribution is -2.24. The first-order valence-corrected chi connectivity index (χ1v) is 8.86. The summed E-state index contributed by atoms with van der Waals surface area (Å²) in [5.41, 5.74) is 11.0. The molecule has 0 radical (unpaired) electrons. The van der Waals surface area contributed by atoms with E-state index in [1.165, 1.54) is 22.7 Å². The molecule has 0 saturated heterocycles. The van der Waals surface area contributed by atoms with E-state index < -0.39 is 8.07 Å². The summed E-state index contributed by atoms with van der Waals surface area (Å²) in [5, 5.41) is 0. The van der Waals surface area contributed by atoms with Crippen LogP contribution < -0.4 is 5.73 Å². The largest absolute Gasteiger partial charge is 0.398 e. The van der Waals surface area contributed by atoms with E-state index in [0.29, 0.717) is 0 Å². The van der Waals surface area contributed by atoms with Crippen LogP contribution in [0.3, 0.4) is 0 Å². The zero-order valence-corrected chi connectivity index (χ0v) is 10.9. The number of aryl methyl sites for hydroxylation is 1. The van der Waals surface area contributed by atoms with Crippen molar-refractivity contribution in [2.75, 3.05) is 5.73 Å². The first kappa shape index (κ1) is 11.3. The molecule has 1 aromatic rings. The van der Waals surface area contributed by atoms with E-state index in [-0.39, 0.29) is 0 Å². The average molecular weight is 207 g/mol. The van der Waals surface area contributed by atoms with Gasteiger partial charge in [-0.15, -0.1) is 0 Å². The van der Waals surface area contributed by atoms with E-state index in [4.69, 9.17) is 5.73 Å². The van der Waals surface area contributed by atoms with Crippen LogP contribution in [0, 0.1) is 13.8 Å². The summed E-state index contributed by atoms with van der Waals surface area (Å²) in [6, 6.07) is 5.55. The monoisotopic (exact) mass is 207 g/mol. The third-order valence-corrected chi connectivity index (χ3v) is 4.04. The van der Waals surface area contributed by atoms with Gasteiger partial charge in [0.15, 0.2) is 0 Å². The molecule has 0 heterocycles. The predicted molar refractivity (Wildman–Crippen MR) is 67.4 cm³/mol. The molecule has 0 saturated carbocycles. The van der Waals surface area contributed by atoms with Crippen molar-refractivity contribution in [2.45, 2.75) is 39.5 Å². The van der Waals surface area contributed by atoms with Gasteiger partial charge in [-0.2, -0.15) is 0 Å². The van der Waals surface area contributed by atoms with Gasteiger partial charge in [0.1, 0.15) is 0 Å². The summed E-state index contributed by atoms with van der Waals surface area (Å²) in [4.78, 5) is 0. The highest BCUT2D eigenvalue weighted by molar-refractivity contribution is 6.75. The Labute approximate surface area is 88.3 Å². The molecule has 0 aliphatic heterocycles. The van der Waals surface area contributed by atoms with Gasteiger partial charge in [0.05, 0.1) is 0 Å². The maximum absolute atomic E-state index is 6.11. The minimum Gasteiger partial charge on any atom is -0.398 e. The van der Waals surface area contributed by atoms with Crippen molar-refractivity contribution >= 4 is 13.8 Å². The smallest absolute Gasteiger partial charge is 0.0488 e. The topological polar surface area (TPSA) is 26.0 Å². The van der Waals surface area contributed by atoms with Crippen molar-refractivity contribution in [1.82, 2.24) is 0 Å². The van der Waals surface area contributed by atoms with E-state index in [0.717, 1.165) is 5.69 Å². The minimum absolute atomic E-state index is 1.01. The summed E-state index contributed by atoms with van der Waals surface area (Å²) in [5.74, 6) is 0. The molecule has 0 aliphatic carbocycles. The van der Waals surface area contributed by atoms with Gasteiger partial charge in [-0.25, -0.2) is 0 Å². The van der Waals surface area contributed by atoms with Gasteiger partial charge >= 0.3 is 0 Å². The van der Waals surface area contributed by atoms with Crippen molar-refractivity contribution in [3.05, 3.63) is 28.8 Å². The van der Waals surface area contributed by atoms with E-state index >= 15 is 0 Å². The van der Waals surface area contributed by atoms with Crippen LogP contribution in [0.15, 0.2) is 12.1 Å². The second kappa shape index (κ2) is 3.77. The number of hydrogen-bond acceptors (Lipinski definition) is 1. The molecule has 0 atom stereocenters. The van der Waals surface area contributed by atoms with Crippen molar-refractivity contribution < 1.29 is 0 Å². The first-order valence-electron chi connectivity index (χ1n) is 5.16. The molecule has 2 heteroatoms. The van der Waals surface area contributed by atoms with Gasteiger partial charge in [-0.3, -0.25) is 0 Å². The molecule has 0 aromatic heterocycles. The number of nitrogens with two attached hydrogens (primary N) is 1. The summed E-state index contributed by atoms with van der Waals surface area (Å²) < 4.78 is 0. The Kier molecular flexibility index (Phi) is 3.05. The molecular weight excluding hydrogens is 186 g/mol. The number of benzene rings is 1. The third-order valence-electron chi connectivity index (χ3n) is 2.60. The summed E-state index contributed by atoms with van der Waals surface area (Å²) in [7, 11) is -1.05. The summed E-state index contributed by atoms with van der Waals surface area (Å²) in [6.07, 6.45) is 0. The van der Waals surface area contributed by atoms with Gasteiger partial charge in [0.25, 0.3) is 0 Å². The van der Waals surface area contributed by atoms with E-state index in [9.17, 15) is 0 Å². The van der Waals surface area contributed by atoms with Gasteiger partial charge < -0.3 is 5.73 Å². The van der Waals surface area contributed by atoms with Gasteiger partial charge in [-0.1, -0.05) is 31.8 Å². The van der Waals surface area contributed by atoms with Gasteiger partial charge in [-0.05, 0) is 36.6 Å². The van der Waals surface area contributed by atoms with Crippen LogP contribution in [0.2, 0.25) is 19.6 Å². The highest BCUT2D eigenvalue weighted by Crippen LogP contribution is 2.23. The van der Waals surface area contributed by atoms with Crippen molar-refractivity contribution in [2.24, 2.45) is 0 Å². The van der Waals surface area contributed by atoms with Crippen LogP contribution in [0.4, 0.5) is 5.69 Å². The highest BCUT2D eigenvalue weighted by atomic mass is 28.3. The number of anilines is 1. The Morgan fingerprint density at radius 1 is 1.14 bits per heavy atom. The van der Waals surface area contributed by atoms with Crippen LogP contribution >= 0.6 is 0 Å². The molecule has 2 N–H and O–H groups in total. The molecule has 78 valence electrons. The van der Waals surface area contributed by atoms with Gasteiger partial charge in [0.2, 0.25) is 0 Å². The van der Waals surface area contributed by atoms with Crippen LogP contribution in [0.25, 0.3) is 0 Å². The minimum atomic E-state index is -1.05. The average Bonchev–Trinajstić information content (AvgIpc) is 2.04. The van der Waals surface area contributed by atoms with Crippen LogP contribution in [-0.4, -0.2) is 8.07 Å². The lowest BCUT2D eigenvalue weighted by Gasteiger charge is -2.18. The Bertz CT molecular complexity index is 337. The fourth-order valence-electron chi connectivity index (χ4n) is 1.62. The molecular formula is C12H21NSi. The number of hydrogen-bond donors (Lipinski definition) is 1. The zero-order chi connectivity index (χ0) is 10.9. The van der Waals surface area contributed by atoms with E-state index in [2.05, 4.69) is 45.6 Å².